The molecule has 0 saturated carbocycles. The van der Waals surface area contributed by atoms with Crippen molar-refractivity contribution in [3.8, 4) is 0 Å². The van der Waals surface area contributed by atoms with E-state index >= 15 is 0 Å². The van der Waals surface area contributed by atoms with Crippen molar-refractivity contribution in [2.75, 3.05) is 6.54 Å². The van der Waals surface area contributed by atoms with E-state index in [1.165, 1.54) is 0 Å². The number of aromatic nitrogens is 2. The summed E-state index contributed by atoms with van der Waals surface area (Å²) >= 11 is 0. The monoisotopic (exact) mass is 234 g/mol. The van der Waals surface area contributed by atoms with Gasteiger partial charge in [-0.15, -0.1) is 0 Å². The third-order valence-electron chi connectivity index (χ3n) is 2.71. The Bertz CT molecular complexity index is 555. The third-order valence-corrected chi connectivity index (χ3v) is 2.71. The number of H-pyrrole nitrogens is 2. The molecule has 2 aromatic rings. The number of hydrogen-bond donors (Lipinski definition) is 4. The Labute approximate surface area is 99.4 Å². The molecule has 92 valence electrons. The quantitative estimate of drug-likeness (QED) is 0.632. The van der Waals surface area contributed by atoms with Gasteiger partial charge in [0.2, 0.25) is 0 Å². The molecule has 0 amide bonds. The summed E-state index contributed by atoms with van der Waals surface area (Å²) < 4.78 is 0. The van der Waals surface area contributed by atoms with E-state index in [0.717, 1.165) is 23.1 Å². The number of benzene rings is 1. The lowest BCUT2D eigenvalue weighted by Crippen LogP contribution is -2.31. The summed E-state index contributed by atoms with van der Waals surface area (Å²) in [5.74, 6) is 0. The van der Waals surface area contributed by atoms with Gasteiger partial charge < -0.3 is 21.0 Å². The van der Waals surface area contributed by atoms with Crippen LogP contribution in [-0.4, -0.2) is 22.6 Å². The van der Waals surface area contributed by atoms with Gasteiger partial charge in [-0.2, -0.15) is 0 Å². The number of imidazole rings is 1. The second kappa shape index (κ2) is 4.73. The zero-order chi connectivity index (χ0) is 12.4. The fourth-order valence-corrected chi connectivity index (χ4v) is 1.76. The molecule has 5 heteroatoms. The fraction of sp³-hybridized carbons (Fsp3) is 0.417. The predicted octanol–water partition coefficient (Wildman–Crippen LogP) is 0.854. The van der Waals surface area contributed by atoms with Gasteiger partial charge in [0.25, 0.3) is 0 Å². The van der Waals surface area contributed by atoms with Gasteiger partial charge in [0.15, 0.2) is 0 Å². The van der Waals surface area contributed by atoms with Gasteiger partial charge >= 0.3 is 5.69 Å². The maximum Gasteiger partial charge on any atom is 0.323 e. The van der Waals surface area contributed by atoms with E-state index in [-0.39, 0.29) is 11.7 Å². The molecule has 17 heavy (non-hydrogen) atoms. The minimum Gasteiger partial charge on any atom is -0.323 e. The minimum atomic E-state index is -0.189. The Morgan fingerprint density at radius 1 is 1.29 bits per heavy atom. The first-order chi connectivity index (χ1) is 8.06. The van der Waals surface area contributed by atoms with Crippen LogP contribution >= 0.6 is 0 Å². The van der Waals surface area contributed by atoms with E-state index < -0.39 is 0 Å². The molecule has 0 aliphatic carbocycles. The maximum atomic E-state index is 11.1. The lowest BCUT2D eigenvalue weighted by molar-refractivity contribution is 0.538. The van der Waals surface area contributed by atoms with Crippen molar-refractivity contribution in [3.05, 3.63) is 34.2 Å². The molecule has 0 bridgehead atoms. The highest BCUT2D eigenvalue weighted by Gasteiger charge is 2.08. The number of nitrogens with two attached hydrogens (primary N) is 1. The number of nitrogens with one attached hydrogen (secondary N) is 3. The second-order valence-electron chi connectivity index (χ2n) is 4.55. The molecule has 0 aliphatic rings. The summed E-state index contributed by atoms with van der Waals surface area (Å²) in [5, 5.41) is 3.29. The SMILES string of the molecule is CC(C)NCC(N)c1ccc2[nH]c(=O)[nH]c2c1. The molecule has 0 saturated heterocycles. The van der Waals surface area contributed by atoms with Crippen molar-refractivity contribution in [2.45, 2.75) is 25.9 Å². The Morgan fingerprint density at radius 3 is 2.71 bits per heavy atom. The van der Waals surface area contributed by atoms with Gasteiger partial charge in [-0.3, -0.25) is 0 Å². The molecule has 5 nitrogen and oxygen atoms in total. The van der Waals surface area contributed by atoms with E-state index in [0.29, 0.717) is 6.04 Å². The van der Waals surface area contributed by atoms with Crippen LogP contribution in [0.5, 0.6) is 0 Å². The molecule has 0 fully saturated rings. The van der Waals surface area contributed by atoms with Crippen LogP contribution in [0.25, 0.3) is 11.0 Å². The highest BCUT2D eigenvalue weighted by molar-refractivity contribution is 5.75. The molecule has 0 spiro atoms. The molecule has 1 aromatic carbocycles. The van der Waals surface area contributed by atoms with Crippen molar-refractivity contribution < 1.29 is 0 Å². The first-order valence-electron chi connectivity index (χ1n) is 5.77. The van der Waals surface area contributed by atoms with Gasteiger partial charge in [-0.25, -0.2) is 4.79 Å². The van der Waals surface area contributed by atoms with Gasteiger partial charge in [-0.05, 0) is 17.7 Å². The Morgan fingerprint density at radius 2 is 2.00 bits per heavy atom. The van der Waals surface area contributed by atoms with Gasteiger partial charge in [0.05, 0.1) is 11.0 Å². The van der Waals surface area contributed by atoms with Crippen molar-refractivity contribution >= 4 is 11.0 Å². The van der Waals surface area contributed by atoms with Gasteiger partial charge in [0.1, 0.15) is 0 Å². The zero-order valence-corrected chi connectivity index (χ0v) is 10.1. The van der Waals surface area contributed by atoms with E-state index in [9.17, 15) is 4.79 Å². The van der Waals surface area contributed by atoms with E-state index in [1.54, 1.807) is 0 Å². The van der Waals surface area contributed by atoms with Crippen molar-refractivity contribution in [1.29, 1.82) is 0 Å². The summed E-state index contributed by atoms with van der Waals surface area (Å²) in [6.07, 6.45) is 0. The highest BCUT2D eigenvalue weighted by Crippen LogP contribution is 2.15. The minimum absolute atomic E-state index is 0.0693. The standard InChI is InChI=1S/C12H18N4O/c1-7(2)14-6-9(13)8-3-4-10-11(5-8)16-12(17)15-10/h3-5,7,9,14H,6,13H2,1-2H3,(H2,15,16,17). The zero-order valence-electron chi connectivity index (χ0n) is 10.1. The molecule has 1 heterocycles. The predicted molar refractivity (Wildman–Crippen MR) is 69.0 cm³/mol. The summed E-state index contributed by atoms with van der Waals surface area (Å²) in [7, 11) is 0. The molecule has 0 aliphatic heterocycles. The van der Waals surface area contributed by atoms with Crippen LogP contribution in [0.4, 0.5) is 0 Å². The average Bonchev–Trinajstić information content (AvgIpc) is 2.64. The van der Waals surface area contributed by atoms with Gasteiger partial charge in [-0.1, -0.05) is 19.9 Å². The van der Waals surface area contributed by atoms with Crippen LogP contribution in [0, 0.1) is 0 Å². The number of fused-ring (bicyclic) bond motifs is 1. The summed E-state index contributed by atoms with van der Waals surface area (Å²) in [5.41, 5.74) is 8.51. The summed E-state index contributed by atoms with van der Waals surface area (Å²) in [4.78, 5) is 16.6. The normalized spacial score (nSPS) is 13.4. The van der Waals surface area contributed by atoms with E-state index in [1.807, 2.05) is 18.2 Å². The van der Waals surface area contributed by atoms with Crippen LogP contribution < -0.4 is 16.7 Å². The van der Waals surface area contributed by atoms with E-state index in [2.05, 4.69) is 29.1 Å². The molecule has 0 radical (unpaired) electrons. The Kier molecular flexibility index (Phi) is 3.31. The van der Waals surface area contributed by atoms with E-state index in [4.69, 9.17) is 5.73 Å². The van der Waals surface area contributed by atoms with Crippen LogP contribution in [-0.2, 0) is 0 Å². The number of aromatic amines is 2. The lowest BCUT2D eigenvalue weighted by atomic mass is 10.1. The average molecular weight is 234 g/mol. The van der Waals surface area contributed by atoms with Crippen LogP contribution in [0.3, 0.4) is 0 Å². The molecule has 2 rings (SSSR count). The Hall–Kier alpha value is -1.59. The summed E-state index contributed by atoms with van der Waals surface area (Å²) in [6, 6.07) is 6.08. The first kappa shape index (κ1) is 11.9. The van der Waals surface area contributed by atoms with Crippen molar-refractivity contribution in [2.24, 2.45) is 5.73 Å². The van der Waals surface area contributed by atoms with Gasteiger partial charge in [0, 0.05) is 18.6 Å². The molecule has 1 unspecified atom stereocenters. The number of hydrogen-bond acceptors (Lipinski definition) is 3. The number of rotatable bonds is 4. The molecule has 1 atom stereocenters. The van der Waals surface area contributed by atoms with Crippen LogP contribution in [0.15, 0.2) is 23.0 Å². The fourth-order valence-electron chi connectivity index (χ4n) is 1.76. The van der Waals surface area contributed by atoms with Crippen molar-refractivity contribution in [3.63, 3.8) is 0 Å². The topological polar surface area (TPSA) is 86.7 Å². The Balaban J connectivity index is 2.20. The molecule has 1 aromatic heterocycles. The summed E-state index contributed by atoms with van der Waals surface area (Å²) in [6.45, 7) is 4.89. The molecule has 5 N–H and O–H groups in total. The first-order valence-corrected chi connectivity index (χ1v) is 5.77. The van der Waals surface area contributed by atoms with Crippen LogP contribution in [0.1, 0.15) is 25.5 Å². The maximum absolute atomic E-state index is 11.1. The largest absolute Gasteiger partial charge is 0.323 e. The molecular weight excluding hydrogens is 216 g/mol. The van der Waals surface area contributed by atoms with Crippen molar-refractivity contribution in [1.82, 2.24) is 15.3 Å². The second-order valence-corrected chi connectivity index (χ2v) is 4.55. The molecular formula is C12H18N4O. The lowest BCUT2D eigenvalue weighted by Gasteiger charge is -2.15. The van der Waals surface area contributed by atoms with Crippen LogP contribution in [0.2, 0.25) is 0 Å². The third kappa shape index (κ3) is 2.75. The highest BCUT2D eigenvalue weighted by atomic mass is 16.1. The smallest absolute Gasteiger partial charge is 0.323 e.